The third-order valence-electron chi connectivity index (χ3n) is 3.08. The molecule has 1 unspecified atom stereocenters. The zero-order valence-electron chi connectivity index (χ0n) is 13.1. The maximum Gasteiger partial charge on any atom is 1.00 e. The first-order valence-corrected chi connectivity index (χ1v) is 8.30. The summed E-state index contributed by atoms with van der Waals surface area (Å²) in [6.07, 6.45) is 13.9. The van der Waals surface area contributed by atoms with Gasteiger partial charge in [-0.15, -0.1) is 0 Å². The number of hydrogen-bond donors (Lipinski definition) is 1. The molecule has 0 aromatic carbocycles. The predicted octanol–water partition coefficient (Wildman–Crippen LogP) is 2.30. The summed E-state index contributed by atoms with van der Waals surface area (Å²) in [6, 6.07) is 0. The van der Waals surface area contributed by atoms with Gasteiger partial charge in [-0.3, -0.25) is 4.79 Å². The van der Waals surface area contributed by atoms with E-state index < -0.39 is 5.97 Å². The molecule has 0 aliphatic rings. The fourth-order valence-corrected chi connectivity index (χ4v) is 2.37. The molecule has 0 saturated heterocycles. The van der Waals surface area contributed by atoms with E-state index in [4.69, 9.17) is 5.11 Å². The van der Waals surface area contributed by atoms with Crippen molar-refractivity contribution in [1.29, 1.82) is 0 Å². The SMILES string of the molecule is CCCCCCCCCCCCC(I)C(=O)O.[H-].[Na+]. The minimum atomic E-state index is -0.665. The zero-order valence-corrected chi connectivity index (χ0v) is 16.2. The molecule has 1 N–H and O–H groups in total. The van der Waals surface area contributed by atoms with Crippen molar-refractivity contribution >= 4 is 28.6 Å². The van der Waals surface area contributed by atoms with Gasteiger partial charge in [0.25, 0.3) is 0 Å². The Morgan fingerprint density at radius 2 is 1.39 bits per heavy atom. The van der Waals surface area contributed by atoms with Crippen molar-refractivity contribution in [2.75, 3.05) is 0 Å². The molecule has 0 radical (unpaired) electrons. The van der Waals surface area contributed by atoms with Gasteiger partial charge in [0, 0.05) is 0 Å². The summed E-state index contributed by atoms with van der Waals surface area (Å²) in [5, 5.41) is 8.72. The number of alkyl halides is 1. The Morgan fingerprint density at radius 3 is 1.78 bits per heavy atom. The smallest absolute Gasteiger partial charge is 1.00 e. The number of rotatable bonds is 12. The van der Waals surface area contributed by atoms with Crippen LogP contribution in [0.5, 0.6) is 0 Å². The fourth-order valence-electron chi connectivity index (χ4n) is 1.93. The molecule has 4 heteroatoms. The summed E-state index contributed by atoms with van der Waals surface area (Å²) in [5.41, 5.74) is 0. The third-order valence-corrected chi connectivity index (χ3v) is 4.23. The molecule has 0 aromatic heterocycles. The standard InChI is InChI=1S/C14H27IO2.Na.H/c1-2-3-4-5-6-7-8-9-10-11-12-13(15)14(16)17;;/h13H,2-12H2,1H3,(H,16,17);;/q;+1;-1. The number of carboxylic acids is 1. The van der Waals surface area contributed by atoms with Gasteiger partial charge >= 0.3 is 35.5 Å². The minimum absolute atomic E-state index is 0. The van der Waals surface area contributed by atoms with Gasteiger partial charge in [0.1, 0.15) is 3.92 Å². The van der Waals surface area contributed by atoms with Crippen LogP contribution in [0, 0.1) is 0 Å². The van der Waals surface area contributed by atoms with Crippen LogP contribution in [-0.2, 0) is 4.79 Å². The largest absolute Gasteiger partial charge is 1.00 e. The topological polar surface area (TPSA) is 37.3 Å². The zero-order chi connectivity index (χ0) is 12.9. The first-order valence-electron chi connectivity index (χ1n) is 7.05. The molecule has 0 fully saturated rings. The van der Waals surface area contributed by atoms with Gasteiger partial charge < -0.3 is 6.53 Å². The van der Waals surface area contributed by atoms with Gasteiger partial charge in [0.2, 0.25) is 0 Å². The maximum absolute atomic E-state index is 10.6. The normalized spacial score (nSPS) is 11.9. The number of halogens is 1. The average Bonchev–Trinajstić information content (AvgIpc) is 2.31. The Bertz CT molecular complexity index is 194. The van der Waals surface area contributed by atoms with Gasteiger partial charge in [0.05, 0.1) is 0 Å². The van der Waals surface area contributed by atoms with Gasteiger partial charge in [-0.05, 0) is 6.42 Å². The van der Waals surface area contributed by atoms with Gasteiger partial charge in [-0.25, -0.2) is 0 Å². The van der Waals surface area contributed by atoms with Crippen LogP contribution in [0.3, 0.4) is 0 Å². The van der Waals surface area contributed by atoms with E-state index in [-0.39, 0.29) is 34.9 Å². The summed E-state index contributed by atoms with van der Waals surface area (Å²) in [6.45, 7) is 2.25. The summed E-state index contributed by atoms with van der Waals surface area (Å²) in [4.78, 5) is 10.6. The Morgan fingerprint density at radius 1 is 1.00 bits per heavy atom. The maximum atomic E-state index is 10.6. The van der Waals surface area contributed by atoms with Crippen molar-refractivity contribution in [2.24, 2.45) is 0 Å². The minimum Gasteiger partial charge on any atom is -1.00 e. The molecule has 0 spiro atoms. The van der Waals surface area contributed by atoms with E-state index in [1.807, 2.05) is 22.6 Å². The Kier molecular flexibility index (Phi) is 19.4. The van der Waals surface area contributed by atoms with Crippen LogP contribution in [0.1, 0.15) is 79.0 Å². The molecule has 0 rings (SSSR count). The van der Waals surface area contributed by atoms with E-state index >= 15 is 0 Å². The molecule has 0 heterocycles. The second-order valence-corrected chi connectivity index (χ2v) is 6.28. The van der Waals surface area contributed by atoms with E-state index in [0.717, 1.165) is 12.8 Å². The molecular formula is C14H28INaO2. The van der Waals surface area contributed by atoms with Crippen molar-refractivity contribution < 1.29 is 40.9 Å². The molecule has 0 aliphatic carbocycles. The molecule has 0 amide bonds. The fraction of sp³-hybridized carbons (Fsp3) is 0.929. The van der Waals surface area contributed by atoms with Crippen LogP contribution in [0.25, 0.3) is 0 Å². The van der Waals surface area contributed by atoms with Crippen LogP contribution in [0.15, 0.2) is 0 Å². The van der Waals surface area contributed by atoms with E-state index in [1.165, 1.54) is 57.8 Å². The van der Waals surface area contributed by atoms with Gasteiger partial charge in [0.15, 0.2) is 0 Å². The molecule has 2 nitrogen and oxygen atoms in total. The number of unbranched alkanes of at least 4 members (excludes halogenated alkanes) is 9. The number of hydrogen-bond acceptors (Lipinski definition) is 1. The quantitative estimate of drug-likeness (QED) is 0.245. The Balaban J connectivity index is -0.00000128. The van der Waals surface area contributed by atoms with E-state index in [1.54, 1.807) is 0 Å². The van der Waals surface area contributed by atoms with Gasteiger partial charge in [-0.1, -0.05) is 93.7 Å². The van der Waals surface area contributed by atoms with Crippen LogP contribution >= 0.6 is 22.6 Å². The first-order chi connectivity index (χ1) is 8.18. The Labute approximate surface area is 150 Å². The molecule has 0 saturated carbocycles. The van der Waals surface area contributed by atoms with Gasteiger partial charge in [-0.2, -0.15) is 0 Å². The van der Waals surface area contributed by atoms with Crippen molar-refractivity contribution in [3.05, 3.63) is 0 Å². The van der Waals surface area contributed by atoms with Crippen molar-refractivity contribution in [3.8, 4) is 0 Å². The summed E-state index contributed by atoms with van der Waals surface area (Å²) in [7, 11) is 0. The number of carboxylic acid groups (broad SMARTS) is 1. The monoisotopic (exact) mass is 378 g/mol. The molecule has 0 bridgehead atoms. The first kappa shape index (κ1) is 21.5. The van der Waals surface area contributed by atoms with Crippen LogP contribution < -0.4 is 29.6 Å². The predicted molar refractivity (Wildman–Crippen MR) is 83.0 cm³/mol. The molecule has 0 aromatic rings. The van der Waals surface area contributed by atoms with Crippen molar-refractivity contribution in [1.82, 2.24) is 0 Å². The van der Waals surface area contributed by atoms with Crippen LogP contribution in [0.4, 0.5) is 0 Å². The number of aliphatic carboxylic acids is 1. The van der Waals surface area contributed by atoms with E-state index in [9.17, 15) is 4.79 Å². The molecule has 1 atom stereocenters. The summed E-state index contributed by atoms with van der Waals surface area (Å²) >= 11 is 2.02. The molecule has 104 valence electrons. The van der Waals surface area contributed by atoms with Crippen LogP contribution in [-0.4, -0.2) is 15.0 Å². The second kappa shape index (κ2) is 16.3. The molecule has 18 heavy (non-hydrogen) atoms. The second-order valence-electron chi connectivity index (χ2n) is 4.78. The Hall–Kier alpha value is 1.20. The van der Waals surface area contributed by atoms with E-state index in [0.29, 0.717) is 0 Å². The summed E-state index contributed by atoms with van der Waals surface area (Å²) in [5.74, 6) is -0.665. The third kappa shape index (κ3) is 15.3. The van der Waals surface area contributed by atoms with Crippen LogP contribution in [0.2, 0.25) is 0 Å². The summed E-state index contributed by atoms with van der Waals surface area (Å²) < 4.78 is -0.193. The molecule has 0 aliphatic heterocycles. The molecular weight excluding hydrogens is 350 g/mol. The number of carbonyl (C=O) groups is 1. The van der Waals surface area contributed by atoms with Crippen molar-refractivity contribution in [3.63, 3.8) is 0 Å². The average molecular weight is 378 g/mol. The van der Waals surface area contributed by atoms with Crippen molar-refractivity contribution in [2.45, 2.75) is 81.5 Å². The van der Waals surface area contributed by atoms with E-state index in [2.05, 4.69) is 6.92 Å².